The van der Waals surface area contributed by atoms with Crippen LogP contribution in [0.4, 0.5) is 19.0 Å². The second-order valence-corrected chi connectivity index (χ2v) is 10.1. The molecular formula is C25H24ClF3N4O2. The Kier molecular flexibility index (Phi) is 5.36. The number of ether oxygens (including phenoxy) is 1. The van der Waals surface area contributed by atoms with Gasteiger partial charge in [-0.25, -0.2) is 9.97 Å². The van der Waals surface area contributed by atoms with Gasteiger partial charge in [0.15, 0.2) is 0 Å². The van der Waals surface area contributed by atoms with E-state index < -0.39 is 18.1 Å². The summed E-state index contributed by atoms with van der Waals surface area (Å²) < 4.78 is 46.7. The number of likely N-dealkylation sites (tertiary alicyclic amines) is 1. The largest absolute Gasteiger partial charge is 0.487 e. The molecule has 0 saturated carbocycles. The second kappa shape index (κ2) is 8.21. The number of rotatable bonds is 2. The fourth-order valence-corrected chi connectivity index (χ4v) is 5.87. The van der Waals surface area contributed by atoms with Crippen molar-refractivity contribution in [3.05, 3.63) is 58.9 Å². The minimum absolute atomic E-state index is 0.200. The molecule has 1 spiro atoms. The molecule has 3 aliphatic heterocycles. The lowest BCUT2D eigenvalue weighted by Crippen LogP contribution is -2.53. The van der Waals surface area contributed by atoms with Gasteiger partial charge in [0.05, 0.1) is 17.7 Å². The first kappa shape index (κ1) is 22.8. The normalized spacial score (nSPS) is 24.2. The van der Waals surface area contributed by atoms with E-state index in [-0.39, 0.29) is 29.5 Å². The summed E-state index contributed by atoms with van der Waals surface area (Å²) in [5.41, 5.74) is 1.09. The maximum atomic E-state index is 13.5. The fourth-order valence-electron chi connectivity index (χ4n) is 5.67. The number of aromatic nitrogens is 2. The highest BCUT2D eigenvalue weighted by atomic mass is 35.5. The number of anilines is 1. The number of hydrogen-bond acceptors (Lipinski definition) is 6. The molecule has 3 aromatic rings. The molecule has 2 fully saturated rings. The average molecular weight is 505 g/mol. The molecule has 6 nitrogen and oxygen atoms in total. The molecule has 35 heavy (non-hydrogen) atoms. The molecule has 6 rings (SSSR count). The van der Waals surface area contributed by atoms with Crippen molar-refractivity contribution in [3.8, 4) is 5.75 Å². The van der Waals surface area contributed by atoms with Gasteiger partial charge in [0, 0.05) is 55.9 Å². The summed E-state index contributed by atoms with van der Waals surface area (Å²) in [6, 6.07) is 12.2. The number of piperidine rings is 1. The van der Waals surface area contributed by atoms with Crippen molar-refractivity contribution < 1.29 is 23.0 Å². The quantitative estimate of drug-likeness (QED) is 0.561. The molecule has 2 aromatic carbocycles. The van der Waals surface area contributed by atoms with E-state index in [0.717, 1.165) is 43.7 Å². The van der Waals surface area contributed by atoms with Crippen LogP contribution < -0.4 is 9.64 Å². The topological polar surface area (TPSA) is 61.7 Å². The van der Waals surface area contributed by atoms with Crippen LogP contribution in [0.5, 0.6) is 5.75 Å². The van der Waals surface area contributed by atoms with Crippen LogP contribution in [-0.2, 0) is 12.6 Å². The minimum atomic E-state index is -4.65. The van der Waals surface area contributed by atoms with Crippen LogP contribution in [0.1, 0.15) is 24.2 Å². The molecule has 1 unspecified atom stereocenters. The first-order chi connectivity index (χ1) is 16.7. The monoisotopic (exact) mass is 504 g/mol. The summed E-state index contributed by atoms with van der Waals surface area (Å²) in [5.74, 6) is -0.0717. The van der Waals surface area contributed by atoms with Crippen LogP contribution in [0.25, 0.3) is 10.9 Å². The molecule has 184 valence electrons. The van der Waals surface area contributed by atoms with Gasteiger partial charge in [0.25, 0.3) is 0 Å². The average Bonchev–Trinajstić information content (AvgIpc) is 3.38. The van der Waals surface area contributed by atoms with Gasteiger partial charge in [-0.2, -0.15) is 13.2 Å². The molecule has 2 saturated heterocycles. The zero-order chi connectivity index (χ0) is 24.4. The van der Waals surface area contributed by atoms with Gasteiger partial charge in [-0.1, -0.05) is 23.7 Å². The van der Waals surface area contributed by atoms with Crippen molar-refractivity contribution in [2.24, 2.45) is 0 Å². The van der Waals surface area contributed by atoms with Crippen LogP contribution in [0.2, 0.25) is 5.02 Å². The second-order valence-electron chi connectivity index (χ2n) is 9.68. The molecule has 4 heterocycles. The van der Waals surface area contributed by atoms with Crippen molar-refractivity contribution in [1.29, 1.82) is 0 Å². The number of benzene rings is 2. The molecule has 3 aliphatic rings. The summed E-state index contributed by atoms with van der Waals surface area (Å²) in [6.45, 7) is 2.07. The van der Waals surface area contributed by atoms with E-state index in [1.807, 2.05) is 18.2 Å². The van der Waals surface area contributed by atoms with E-state index in [1.165, 1.54) is 0 Å². The molecule has 2 atom stereocenters. The van der Waals surface area contributed by atoms with Crippen LogP contribution in [0.15, 0.2) is 42.5 Å². The van der Waals surface area contributed by atoms with Crippen molar-refractivity contribution >= 4 is 28.3 Å². The third-order valence-corrected chi connectivity index (χ3v) is 7.67. The van der Waals surface area contributed by atoms with E-state index in [0.29, 0.717) is 17.0 Å². The van der Waals surface area contributed by atoms with Gasteiger partial charge in [0.2, 0.25) is 5.82 Å². The molecule has 10 heteroatoms. The van der Waals surface area contributed by atoms with Crippen LogP contribution in [0, 0.1) is 0 Å². The summed E-state index contributed by atoms with van der Waals surface area (Å²) in [5, 5.41) is 12.1. The van der Waals surface area contributed by atoms with E-state index in [1.54, 1.807) is 29.2 Å². The number of para-hydroxylation sites is 1. The third-order valence-electron chi connectivity index (χ3n) is 7.44. The van der Waals surface area contributed by atoms with Gasteiger partial charge in [-0.05, 0) is 35.9 Å². The van der Waals surface area contributed by atoms with Gasteiger partial charge in [0.1, 0.15) is 17.2 Å². The van der Waals surface area contributed by atoms with Crippen LogP contribution >= 0.6 is 11.6 Å². The number of fused-ring (bicyclic) bond motifs is 2. The molecule has 0 radical (unpaired) electrons. The van der Waals surface area contributed by atoms with Gasteiger partial charge >= 0.3 is 6.18 Å². The predicted octanol–water partition coefficient (Wildman–Crippen LogP) is 4.32. The highest BCUT2D eigenvalue weighted by Crippen LogP contribution is 2.43. The highest BCUT2D eigenvalue weighted by Gasteiger charge is 2.46. The van der Waals surface area contributed by atoms with E-state index in [4.69, 9.17) is 16.3 Å². The number of halogens is 4. The zero-order valence-corrected chi connectivity index (χ0v) is 19.6. The van der Waals surface area contributed by atoms with Crippen LogP contribution in [-0.4, -0.2) is 63.9 Å². The summed E-state index contributed by atoms with van der Waals surface area (Å²) in [4.78, 5) is 11.6. The Morgan fingerprint density at radius 2 is 1.83 bits per heavy atom. The van der Waals surface area contributed by atoms with Crippen LogP contribution in [0.3, 0.4) is 0 Å². The Morgan fingerprint density at radius 1 is 1.06 bits per heavy atom. The van der Waals surface area contributed by atoms with Crippen molar-refractivity contribution in [3.63, 3.8) is 0 Å². The molecule has 0 amide bonds. The van der Waals surface area contributed by atoms with Crippen molar-refractivity contribution in [2.75, 3.05) is 31.1 Å². The lowest BCUT2D eigenvalue weighted by Gasteiger charge is -2.41. The summed E-state index contributed by atoms with van der Waals surface area (Å²) in [7, 11) is 0. The highest BCUT2D eigenvalue weighted by molar-refractivity contribution is 6.30. The van der Waals surface area contributed by atoms with Crippen molar-refractivity contribution in [1.82, 2.24) is 14.9 Å². The zero-order valence-electron chi connectivity index (χ0n) is 18.8. The van der Waals surface area contributed by atoms with Gasteiger partial charge in [-0.15, -0.1) is 0 Å². The van der Waals surface area contributed by atoms with E-state index >= 15 is 0 Å². The Labute approximate surface area is 205 Å². The Bertz CT molecular complexity index is 1280. The predicted molar refractivity (Wildman–Crippen MR) is 126 cm³/mol. The lowest BCUT2D eigenvalue weighted by molar-refractivity contribution is -0.144. The SMILES string of the molecule is O[C@@H]1CN(c2nc(C(F)(F)F)nc3ccccc23)CC1N1CCC2(CC1)Cc1cc(Cl)ccc1O2. The first-order valence-electron chi connectivity index (χ1n) is 11.7. The lowest BCUT2D eigenvalue weighted by atomic mass is 9.86. The Hall–Kier alpha value is -2.62. The van der Waals surface area contributed by atoms with E-state index in [2.05, 4.69) is 14.9 Å². The third kappa shape index (κ3) is 4.09. The van der Waals surface area contributed by atoms with E-state index in [9.17, 15) is 18.3 Å². The number of nitrogens with zero attached hydrogens (tertiary/aromatic N) is 4. The molecular weight excluding hydrogens is 481 g/mol. The molecule has 0 bridgehead atoms. The number of β-amino-alcohol motifs (C(OH)–C–C–N with tert-alkyl or cyclic N) is 1. The number of aliphatic hydroxyl groups is 1. The molecule has 1 aromatic heterocycles. The standard InChI is InChI=1S/C25H24ClF3N4O2/c26-16-5-6-21-15(11-16)12-24(35-21)7-9-32(10-8-24)19-13-33(14-20(19)34)22-17-3-1-2-4-18(17)30-23(31-22)25(27,28)29/h1-6,11,19-20,34H,7-10,12-14H2/t19?,20-/m1/s1. The summed E-state index contributed by atoms with van der Waals surface area (Å²) >= 11 is 6.14. The van der Waals surface area contributed by atoms with Crippen molar-refractivity contribution in [2.45, 2.75) is 43.2 Å². The molecule has 0 aliphatic carbocycles. The maximum Gasteiger partial charge on any atom is 0.451 e. The number of hydrogen-bond donors (Lipinski definition) is 1. The maximum absolute atomic E-state index is 13.5. The smallest absolute Gasteiger partial charge is 0.451 e. The van der Waals surface area contributed by atoms with Gasteiger partial charge < -0.3 is 14.7 Å². The Balaban J connectivity index is 1.20. The Morgan fingerprint density at radius 3 is 2.60 bits per heavy atom. The summed E-state index contributed by atoms with van der Waals surface area (Å²) in [6.07, 6.45) is -2.94. The molecule has 1 N–H and O–H groups in total. The fraction of sp³-hybridized carbons (Fsp3) is 0.440. The minimum Gasteiger partial charge on any atom is -0.487 e. The van der Waals surface area contributed by atoms with Gasteiger partial charge in [-0.3, -0.25) is 4.90 Å². The number of aliphatic hydroxyl groups excluding tert-OH is 1. The number of alkyl halides is 3. The first-order valence-corrected chi connectivity index (χ1v) is 12.1.